The summed E-state index contributed by atoms with van der Waals surface area (Å²) in [6.45, 7) is 0.401. The van der Waals surface area contributed by atoms with Gasteiger partial charge in [0.15, 0.2) is 0 Å². The minimum atomic E-state index is -0.180. The summed E-state index contributed by atoms with van der Waals surface area (Å²) in [5, 5.41) is 3.74. The number of amides is 1. The summed E-state index contributed by atoms with van der Waals surface area (Å²) in [4.78, 5) is 26.4. The lowest BCUT2D eigenvalue weighted by Crippen LogP contribution is -2.23. The highest BCUT2D eigenvalue weighted by Gasteiger charge is 2.22. The zero-order chi connectivity index (χ0) is 21.2. The van der Waals surface area contributed by atoms with E-state index in [1.165, 1.54) is 6.33 Å². The van der Waals surface area contributed by atoms with E-state index in [9.17, 15) is 4.79 Å². The van der Waals surface area contributed by atoms with Gasteiger partial charge in [-0.1, -0.05) is 6.07 Å². The number of hydrogen-bond donors (Lipinski definition) is 1. The molecule has 0 saturated heterocycles. The van der Waals surface area contributed by atoms with Crippen LogP contribution in [0.5, 0.6) is 5.75 Å². The van der Waals surface area contributed by atoms with Crippen LogP contribution in [-0.4, -0.2) is 32.4 Å². The van der Waals surface area contributed by atoms with E-state index in [4.69, 9.17) is 4.74 Å². The quantitative estimate of drug-likeness (QED) is 0.476. The average Bonchev–Trinajstić information content (AvgIpc) is 3.18. The topological polar surface area (TPSA) is 81.4 Å². The number of aromatic nitrogens is 4. The molecule has 1 N–H and O–H groups in total. The largest absolute Gasteiger partial charge is 0.497 e. The molecule has 1 aromatic carbocycles. The number of hydrogen-bond acceptors (Lipinski definition) is 5. The summed E-state index contributed by atoms with van der Waals surface area (Å²) in [6, 6.07) is 17.1. The van der Waals surface area contributed by atoms with E-state index in [-0.39, 0.29) is 5.91 Å². The van der Waals surface area contributed by atoms with E-state index in [0.717, 1.165) is 22.4 Å². The van der Waals surface area contributed by atoms with Crippen molar-refractivity contribution >= 4 is 22.5 Å². The van der Waals surface area contributed by atoms with Crippen LogP contribution in [-0.2, 0) is 6.54 Å². The Kier molecular flexibility index (Phi) is 4.76. The molecule has 5 aromatic rings. The first kappa shape index (κ1) is 18.7. The Balaban J connectivity index is 1.67. The summed E-state index contributed by atoms with van der Waals surface area (Å²) in [7, 11) is 1.63. The number of rotatable bonds is 5. The van der Waals surface area contributed by atoms with Gasteiger partial charge in [-0.2, -0.15) is 0 Å². The fraction of sp³-hybridized carbons (Fsp3) is 0.0833. The highest BCUT2D eigenvalue weighted by Crippen LogP contribution is 2.33. The van der Waals surface area contributed by atoms with E-state index < -0.39 is 0 Å². The van der Waals surface area contributed by atoms with Gasteiger partial charge in [0.2, 0.25) is 0 Å². The SMILES string of the molecule is COc1ccc(-c2ncnc3c2c(C(=O)NCc2ccncc2)c2ccccn23)cc1. The van der Waals surface area contributed by atoms with Gasteiger partial charge in [0.25, 0.3) is 5.91 Å². The second-order valence-electron chi connectivity index (χ2n) is 7.02. The van der Waals surface area contributed by atoms with Crippen LogP contribution in [0.25, 0.3) is 27.8 Å². The number of fused-ring (bicyclic) bond motifs is 3. The van der Waals surface area contributed by atoms with Crippen molar-refractivity contribution in [2.24, 2.45) is 0 Å². The lowest BCUT2D eigenvalue weighted by molar-refractivity contribution is 0.0954. The van der Waals surface area contributed by atoms with Crippen LogP contribution in [0.2, 0.25) is 0 Å². The van der Waals surface area contributed by atoms with Gasteiger partial charge in [-0.05, 0) is 54.1 Å². The van der Waals surface area contributed by atoms with Gasteiger partial charge in [-0.25, -0.2) is 9.97 Å². The van der Waals surface area contributed by atoms with Crippen molar-refractivity contribution in [3.05, 3.63) is 90.6 Å². The molecule has 1 amide bonds. The number of nitrogens with zero attached hydrogens (tertiary/aromatic N) is 4. The standard InChI is InChI=1S/C24H19N5O2/c1-31-18-7-5-17(6-8-18)22-21-20(24(30)26-14-16-9-11-25-12-10-16)19-4-2-3-13-29(19)23(21)28-15-27-22/h2-13,15H,14H2,1H3,(H,26,30). The van der Waals surface area contributed by atoms with Crippen LogP contribution in [0.3, 0.4) is 0 Å². The first-order chi connectivity index (χ1) is 15.3. The molecule has 0 fully saturated rings. The third-order valence-corrected chi connectivity index (χ3v) is 5.21. The Bertz CT molecular complexity index is 1380. The monoisotopic (exact) mass is 409 g/mol. The number of benzene rings is 1. The summed E-state index contributed by atoms with van der Waals surface area (Å²) in [5.41, 5.74) is 4.57. The third-order valence-electron chi connectivity index (χ3n) is 5.21. The van der Waals surface area contributed by atoms with E-state index in [1.54, 1.807) is 19.5 Å². The van der Waals surface area contributed by atoms with Crippen molar-refractivity contribution in [3.8, 4) is 17.0 Å². The minimum Gasteiger partial charge on any atom is -0.497 e. The lowest BCUT2D eigenvalue weighted by atomic mass is 10.0. The van der Waals surface area contributed by atoms with E-state index >= 15 is 0 Å². The van der Waals surface area contributed by atoms with Crippen LogP contribution in [0, 0.1) is 0 Å². The van der Waals surface area contributed by atoms with Gasteiger partial charge in [0, 0.05) is 30.7 Å². The smallest absolute Gasteiger partial charge is 0.254 e. The van der Waals surface area contributed by atoms with Crippen molar-refractivity contribution in [1.82, 2.24) is 24.7 Å². The highest BCUT2D eigenvalue weighted by atomic mass is 16.5. The minimum absolute atomic E-state index is 0.180. The van der Waals surface area contributed by atoms with Crippen molar-refractivity contribution in [3.63, 3.8) is 0 Å². The summed E-state index contributed by atoms with van der Waals surface area (Å²) >= 11 is 0. The van der Waals surface area contributed by atoms with Crippen molar-refractivity contribution in [1.29, 1.82) is 0 Å². The molecule has 0 aliphatic rings. The maximum Gasteiger partial charge on any atom is 0.254 e. The molecule has 0 radical (unpaired) electrons. The molecule has 5 rings (SSSR count). The number of carbonyl (C=O) groups is 1. The molecule has 0 saturated carbocycles. The van der Waals surface area contributed by atoms with Crippen molar-refractivity contribution < 1.29 is 9.53 Å². The van der Waals surface area contributed by atoms with Gasteiger partial charge in [0.05, 0.1) is 29.3 Å². The predicted octanol–water partition coefficient (Wildman–Crippen LogP) is 3.88. The first-order valence-corrected chi connectivity index (χ1v) is 9.81. The second-order valence-corrected chi connectivity index (χ2v) is 7.02. The second kappa shape index (κ2) is 7.87. The molecule has 0 unspecified atom stereocenters. The Morgan fingerprint density at radius 2 is 1.84 bits per heavy atom. The molecular weight excluding hydrogens is 390 g/mol. The molecule has 152 valence electrons. The van der Waals surface area contributed by atoms with Crippen LogP contribution in [0.1, 0.15) is 15.9 Å². The Hall–Kier alpha value is -4.26. The Labute approximate surface area is 178 Å². The van der Waals surface area contributed by atoms with Gasteiger partial charge < -0.3 is 14.5 Å². The number of nitrogens with one attached hydrogen (secondary N) is 1. The molecule has 7 heteroatoms. The number of methoxy groups -OCH3 is 1. The first-order valence-electron chi connectivity index (χ1n) is 9.81. The van der Waals surface area contributed by atoms with Crippen molar-refractivity contribution in [2.45, 2.75) is 6.54 Å². The molecule has 7 nitrogen and oxygen atoms in total. The summed E-state index contributed by atoms with van der Waals surface area (Å²) < 4.78 is 7.19. The summed E-state index contributed by atoms with van der Waals surface area (Å²) in [6.07, 6.45) is 6.85. The van der Waals surface area contributed by atoms with Crippen LogP contribution in [0.4, 0.5) is 0 Å². The number of carbonyl (C=O) groups excluding carboxylic acids is 1. The molecule has 0 spiro atoms. The van der Waals surface area contributed by atoms with Gasteiger partial charge in [0.1, 0.15) is 17.7 Å². The normalized spacial score (nSPS) is 11.0. The fourth-order valence-electron chi connectivity index (χ4n) is 3.72. The number of ether oxygens (including phenoxy) is 1. The Morgan fingerprint density at radius 3 is 2.61 bits per heavy atom. The highest BCUT2D eigenvalue weighted by molar-refractivity contribution is 6.16. The van der Waals surface area contributed by atoms with Crippen LogP contribution in [0.15, 0.2) is 79.5 Å². The van der Waals surface area contributed by atoms with E-state index in [2.05, 4.69) is 20.3 Å². The van der Waals surface area contributed by atoms with E-state index in [1.807, 2.05) is 65.2 Å². The zero-order valence-electron chi connectivity index (χ0n) is 16.8. The molecular formula is C24H19N5O2. The molecule has 4 aromatic heterocycles. The Morgan fingerprint density at radius 1 is 1.03 bits per heavy atom. The third kappa shape index (κ3) is 3.36. The molecule has 0 atom stereocenters. The summed E-state index contributed by atoms with van der Waals surface area (Å²) in [5.74, 6) is 0.575. The van der Waals surface area contributed by atoms with Crippen LogP contribution >= 0.6 is 0 Å². The maximum atomic E-state index is 13.4. The number of pyridine rings is 2. The van der Waals surface area contributed by atoms with Crippen LogP contribution < -0.4 is 10.1 Å². The van der Waals surface area contributed by atoms with Crippen molar-refractivity contribution in [2.75, 3.05) is 7.11 Å². The van der Waals surface area contributed by atoms with Gasteiger partial charge in [-0.15, -0.1) is 0 Å². The van der Waals surface area contributed by atoms with E-state index in [0.29, 0.717) is 28.8 Å². The molecule has 31 heavy (non-hydrogen) atoms. The maximum absolute atomic E-state index is 13.4. The lowest BCUT2D eigenvalue weighted by Gasteiger charge is -2.08. The average molecular weight is 409 g/mol. The van der Waals surface area contributed by atoms with Gasteiger partial charge in [-0.3, -0.25) is 9.78 Å². The molecule has 0 aliphatic carbocycles. The van der Waals surface area contributed by atoms with Gasteiger partial charge >= 0.3 is 0 Å². The predicted molar refractivity (Wildman–Crippen MR) is 118 cm³/mol. The molecule has 0 aliphatic heterocycles. The zero-order valence-corrected chi connectivity index (χ0v) is 16.8. The molecule has 0 bridgehead atoms. The molecule has 4 heterocycles. The fourth-order valence-corrected chi connectivity index (χ4v) is 3.72.